The Morgan fingerprint density at radius 2 is 2.40 bits per heavy atom. The van der Waals surface area contributed by atoms with Crippen molar-refractivity contribution in [3.05, 3.63) is 30.1 Å². The molecule has 50 valence electrons. The number of amides is 1. The van der Waals surface area contributed by atoms with Crippen LogP contribution in [0.3, 0.4) is 0 Å². The third-order valence-electron chi connectivity index (χ3n) is 0.946. The molecule has 10 heavy (non-hydrogen) atoms. The SMILES string of the molecule is NC(=O)c1cccnc1.[Ca+2].[H-].[H-]. The van der Waals surface area contributed by atoms with Crippen LogP contribution in [0.1, 0.15) is 13.2 Å². The van der Waals surface area contributed by atoms with E-state index in [2.05, 4.69) is 4.98 Å². The maximum absolute atomic E-state index is 10.4. The van der Waals surface area contributed by atoms with E-state index in [0.29, 0.717) is 5.56 Å². The van der Waals surface area contributed by atoms with Crippen molar-refractivity contribution in [3.8, 4) is 0 Å². The van der Waals surface area contributed by atoms with Gasteiger partial charge in [0.2, 0.25) is 5.91 Å². The standard InChI is InChI=1S/C6H6N2O.Ca.2H/c7-6(9)5-2-1-3-8-4-5;;;/h1-4H,(H2,7,9);;;/q;+2;2*-1. The van der Waals surface area contributed by atoms with Crippen LogP contribution in [-0.4, -0.2) is 48.6 Å². The number of primary amides is 1. The Bertz CT molecular complexity index is 220. The molecule has 0 atom stereocenters. The average molecular weight is 164 g/mol. The van der Waals surface area contributed by atoms with Crippen LogP contribution in [0.2, 0.25) is 0 Å². The summed E-state index contributed by atoms with van der Waals surface area (Å²) in [5.41, 5.74) is 5.38. The second-order valence-electron chi connectivity index (χ2n) is 1.61. The van der Waals surface area contributed by atoms with Crippen LogP contribution in [0.25, 0.3) is 0 Å². The van der Waals surface area contributed by atoms with Gasteiger partial charge in [0.1, 0.15) is 0 Å². The zero-order chi connectivity index (χ0) is 6.69. The molecule has 0 spiro atoms. The molecule has 4 heteroatoms. The number of carbonyl (C=O) groups excluding carboxylic acids is 1. The Hall–Kier alpha value is -0.120. The molecule has 0 saturated heterocycles. The number of nitrogens with two attached hydrogens (primary N) is 1. The van der Waals surface area contributed by atoms with Crippen molar-refractivity contribution in [2.45, 2.75) is 0 Å². The van der Waals surface area contributed by atoms with Crippen molar-refractivity contribution in [2.75, 3.05) is 0 Å². The Morgan fingerprint density at radius 1 is 1.70 bits per heavy atom. The summed E-state index contributed by atoms with van der Waals surface area (Å²) < 4.78 is 0. The maximum Gasteiger partial charge on any atom is 2.00 e. The fraction of sp³-hybridized carbons (Fsp3) is 0. The van der Waals surface area contributed by atoms with Gasteiger partial charge in [0.15, 0.2) is 0 Å². The van der Waals surface area contributed by atoms with Gasteiger partial charge in [0.25, 0.3) is 0 Å². The number of aromatic nitrogens is 1. The minimum Gasteiger partial charge on any atom is -1.00 e. The minimum atomic E-state index is -0.442. The average Bonchev–Trinajstić information content (AvgIpc) is 1.90. The molecular weight excluding hydrogens is 156 g/mol. The number of rotatable bonds is 1. The maximum atomic E-state index is 10.4. The van der Waals surface area contributed by atoms with Crippen LogP contribution in [-0.2, 0) is 0 Å². The van der Waals surface area contributed by atoms with Gasteiger partial charge in [-0.05, 0) is 12.1 Å². The molecule has 1 amide bonds. The Labute approximate surface area is 91.6 Å². The van der Waals surface area contributed by atoms with Crippen LogP contribution in [0.4, 0.5) is 0 Å². The van der Waals surface area contributed by atoms with E-state index in [1.807, 2.05) is 0 Å². The van der Waals surface area contributed by atoms with E-state index in [9.17, 15) is 4.79 Å². The summed E-state index contributed by atoms with van der Waals surface area (Å²) in [4.78, 5) is 14.1. The predicted octanol–water partition coefficient (Wildman–Crippen LogP) is 0.0247. The smallest absolute Gasteiger partial charge is 1.00 e. The van der Waals surface area contributed by atoms with E-state index in [1.165, 1.54) is 6.20 Å². The molecule has 1 heterocycles. The first-order valence-corrected chi connectivity index (χ1v) is 2.50. The van der Waals surface area contributed by atoms with E-state index in [1.54, 1.807) is 18.3 Å². The molecule has 0 aliphatic rings. The molecule has 1 rings (SSSR count). The van der Waals surface area contributed by atoms with Crippen molar-refractivity contribution in [1.82, 2.24) is 4.98 Å². The number of carbonyl (C=O) groups is 1. The first kappa shape index (κ1) is 9.88. The first-order chi connectivity index (χ1) is 4.30. The van der Waals surface area contributed by atoms with Crippen LogP contribution in [0, 0.1) is 0 Å². The van der Waals surface area contributed by atoms with Gasteiger partial charge in [0, 0.05) is 12.4 Å². The van der Waals surface area contributed by atoms with Gasteiger partial charge >= 0.3 is 37.7 Å². The molecule has 0 aliphatic heterocycles. The second-order valence-corrected chi connectivity index (χ2v) is 1.61. The van der Waals surface area contributed by atoms with E-state index in [-0.39, 0.29) is 40.6 Å². The number of hydrogen-bond donors (Lipinski definition) is 1. The zero-order valence-electron chi connectivity index (χ0n) is 7.45. The Kier molecular flexibility index (Phi) is 4.60. The van der Waals surface area contributed by atoms with Gasteiger partial charge in [-0.25, -0.2) is 0 Å². The fourth-order valence-electron chi connectivity index (χ4n) is 0.509. The van der Waals surface area contributed by atoms with Gasteiger partial charge in [-0.3, -0.25) is 9.78 Å². The number of nitrogens with zero attached hydrogens (tertiary/aromatic N) is 1. The molecule has 0 fully saturated rings. The second kappa shape index (κ2) is 4.66. The van der Waals surface area contributed by atoms with Crippen LogP contribution in [0.15, 0.2) is 24.5 Å². The van der Waals surface area contributed by atoms with Crippen LogP contribution >= 0.6 is 0 Å². The molecule has 3 nitrogen and oxygen atoms in total. The van der Waals surface area contributed by atoms with Gasteiger partial charge in [-0.1, -0.05) is 0 Å². The van der Waals surface area contributed by atoms with Gasteiger partial charge in [-0.15, -0.1) is 0 Å². The summed E-state index contributed by atoms with van der Waals surface area (Å²) in [5.74, 6) is -0.442. The Morgan fingerprint density at radius 3 is 2.70 bits per heavy atom. The molecule has 0 unspecified atom stereocenters. The number of hydrogen-bond acceptors (Lipinski definition) is 2. The van der Waals surface area contributed by atoms with E-state index in [0.717, 1.165) is 0 Å². The molecule has 0 bridgehead atoms. The summed E-state index contributed by atoms with van der Waals surface area (Å²) in [6.07, 6.45) is 3.02. The minimum absolute atomic E-state index is 0. The van der Waals surface area contributed by atoms with Crippen LogP contribution in [0.5, 0.6) is 0 Å². The fourth-order valence-corrected chi connectivity index (χ4v) is 0.509. The normalized spacial score (nSPS) is 8.00. The van der Waals surface area contributed by atoms with Crippen molar-refractivity contribution in [2.24, 2.45) is 5.73 Å². The zero-order valence-corrected chi connectivity index (χ0v) is 7.66. The first-order valence-electron chi connectivity index (χ1n) is 2.50. The monoisotopic (exact) mass is 164 g/mol. The van der Waals surface area contributed by atoms with E-state index in [4.69, 9.17) is 5.73 Å². The van der Waals surface area contributed by atoms with Crippen molar-refractivity contribution in [3.63, 3.8) is 0 Å². The van der Waals surface area contributed by atoms with Gasteiger partial charge in [0.05, 0.1) is 5.56 Å². The predicted molar refractivity (Wildman–Crippen MR) is 40.7 cm³/mol. The summed E-state index contributed by atoms with van der Waals surface area (Å²) in [5, 5.41) is 0. The van der Waals surface area contributed by atoms with Crippen LogP contribution < -0.4 is 5.73 Å². The summed E-state index contributed by atoms with van der Waals surface area (Å²) in [7, 11) is 0. The molecule has 1 aromatic rings. The molecule has 0 aromatic carbocycles. The molecule has 1 aromatic heterocycles. The quantitative estimate of drug-likeness (QED) is 0.595. The Balaban J connectivity index is -0.000000270. The van der Waals surface area contributed by atoms with Crippen molar-refractivity contribution in [1.29, 1.82) is 0 Å². The summed E-state index contributed by atoms with van der Waals surface area (Å²) in [6.45, 7) is 0. The molecule has 0 radical (unpaired) electrons. The third kappa shape index (κ3) is 2.64. The van der Waals surface area contributed by atoms with Gasteiger partial charge < -0.3 is 8.59 Å². The topological polar surface area (TPSA) is 56.0 Å². The van der Waals surface area contributed by atoms with Crippen molar-refractivity contribution >= 4 is 43.6 Å². The number of pyridine rings is 1. The molecular formula is C6H8CaN2O. The van der Waals surface area contributed by atoms with Crippen molar-refractivity contribution < 1.29 is 7.65 Å². The molecule has 2 N–H and O–H groups in total. The summed E-state index contributed by atoms with van der Waals surface area (Å²) >= 11 is 0. The molecule has 0 aliphatic carbocycles. The van der Waals surface area contributed by atoms with E-state index >= 15 is 0 Å². The largest absolute Gasteiger partial charge is 2.00 e. The van der Waals surface area contributed by atoms with Gasteiger partial charge in [-0.2, -0.15) is 0 Å². The third-order valence-corrected chi connectivity index (χ3v) is 0.946. The summed E-state index contributed by atoms with van der Waals surface area (Å²) in [6, 6.07) is 3.29. The molecule has 0 saturated carbocycles. The van der Waals surface area contributed by atoms with E-state index < -0.39 is 5.91 Å².